The van der Waals surface area contributed by atoms with E-state index in [0.717, 1.165) is 11.3 Å². The Kier molecular flexibility index (Phi) is 6.52. The number of ether oxygens (including phenoxy) is 1. The molecule has 1 unspecified atom stereocenters. The van der Waals surface area contributed by atoms with Crippen molar-refractivity contribution in [3.05, 3.63) is 63.6 Å². The van der Waals surface area contributed by atoms with Gasteiger partial charge in [0.15, 0.2) is 0 Å². The van der Waals surface area contributed by atoms with Gasteiger partial charge < -0.3 is 4.74 Å². The van der Waals surface area contributed by atoms with Crippen molar-refractivity contribution in [2.45, 2.75) is 25.6 Å². The van der Waals surface area contributed by atoms with Gasteiger partial charge in [0, 0.05) is 16.1 Å². The van der Waals surface area contributed by atoms with Crippen LogP contribution in [0.2, 0.25) is 10.0 Å². The summed E-state index contributed by atoms with van der Waals surface area (Å²) in [7, 11) is -3.55. The molecule has 0 spiro atoms. The van der Waals surface area contributed by atoms with Gasteiger partial charge in [0.1, 0.15) is 5.75 Å². The topological polar surface area (TPSA) is 55.4 Å². The lowest BCUT2D eigenvalue weighted by atomic mass is 10.1. The first-order chi connectivity index (χ1) is 11.3. The SMILES string of the molecule is CCOc1ccc(C(C)NS(=O)(=O)Cc2ccc(Cl)cc2Cl)cc1. The first-order valence-corrected chi connectivity index (χ1v) is 9.88. The van der Waals surface area contributed by atoms with Crippen molar-refractivity contribution < 1.29 is 13.2 Å². The summed E-state index contributed by atoms with van der Waals surface area (Å²) in [5.41, 5.74) is 1.36. The molecule has 0 saturated carbocycles. The number of rotatable bonds is 7. The van der Waals surface area contributed by atoms with E-state index < -0.39 is 10.0 Å². The van der Waals surface area contributed by atoms with Gasteiger partial charge in [0.25, 0.3) is 0 Å². The first kappa shape index (κ1) is 19.1. The maximum atomic E-state index is 12.4. The number of hydrogen-bond donors (Lipinski definition) is 1. The molecular weight excluding hydrogens is 369 g/mol. The van der Waals surface area contributed by atoms with Gasteiger partial charge in [-0.1, -0.05) is 41.4 Å². The highest BCUT2D eigenvalue weighted by atomic mass is 35.5. The Labute approximate surface area is 152 Å². The fourth-order valence-electron chi connectivity index (χ4n) is 2.24. The Morgan fingerprint density at radius 1 is 1.12 bits per heavy atom. The summed E-state index contributed by atoms with van der Waals surface area (Å²) in [6.07, 6.45) is 0. The largest absolute Gasteiger partial charge is 0.494 e. The van der Waals surface area contributed by atoms with E-state index in [0.29, 0.717) is 22.2 Å². The van der Waals surface area contributed by atoms with E-state index in [-0.39, 0.29) is 11.8 Å². The molecular formula is C17H19Cl2NO3S. The van der Waals surface area contributed by atoms with Gasteiger partial charge in [0.05, 0.1) is 12.4 Å². The van der Waals surface area contributed by atoms with Crippen LogP contribution >= 0.6 is 23.2 Å². The Morgan fingerprint density at radius 2 is 1.79 bits per heavy atom. The van der Waals surface area contributed by atoms with Crippen molar-refractivity contribution in [3.63, 3.8) is 0 Å². The quantitative estimate of drug-likeness (QED) is 0.756. The van der Waals surface area contributed by atoms with E-state index in [1.807, 2.05) is 31.2 Å². The minimum atomic E-state index is -3.55. The Morgan fingerprint density at radius 3 is 2.38 bits per heavy atom. The normalized spacial score (nSPS) is 12.8. The molecule has 2 aromatic carbocycles. The third-order valence-electron chi connectivity index (χ3n) is 3.41. The average molecular weight is 388 g/mol. The number of sulfonamides is 1. The molecule has 130 valence electrons. The van der Waals surface area contributed by atoms with Crippen molar-refractivity contribution in [2.75, 3.05) is 6.61 Å². The van der Waals surface area contributed by atoms with Gasteiger partial charge in [-0.05, 0) is 49.2 Å². The molecule has 0 aromatic heterocycles. The average Bonchev–Trinajstić information content (AvgIpc) is 2.50. The van der Waals surface area contributed by atoms with E-state index in [2.05, 4.69) is 4.72 Å². The van der Waals surface area contributed by atoms with Gasteiger partial charge in [-0.25, -0.2) is 13.1 Å². The summed E-state index contributed by atoms with van der Waals surface area (Å²) in [5, 5.41) is 0.804. The third-order valence-corrected chi connectivity index (χ3v) is 5.40. The van der Waals surface area contributed by atoms with Crippen LogP contribution in [-0.2, 0) is 15.8 Å². The summed E-state index contributed by atoms with van der Waals surface area (Å²) < 4.78 is 32.8. The minimum absolute atomic E-state index is 0.204. The molecule has 0 bridgehead atoms. The van der Waals surface area contributed by atoms with Crippen LogP contribution in [-0.4, -0.2) is 15.0 Å². The maximum Gasteiger partial charge on any atom is 0.216 e. The Balaban J connectivity index is 2.07. The Bertz CT molecular complexity index is 792. The molecule has 0 amide bonds. The molecule has 0 heterocycles. The van der Waals surface area contributed by atoms with E-state index in [9.17, 15) is 8.42 Å². The summed E-state index contributed by atoms with van der Waals surface area (Å²) in [4.78, 5) is 0. The van der Waals surface area contributed by atoms with Gasteiger partial charge in [0.2, 0.25) is 10.0 Å². The highest BCUT2D eigenvalue weighted by Crippen LogP contribution is 2.24. The van der Waals surface area contributed by atoms with Crippen LogP contribution in [0.3, 0.4) is 0 Å². The van der Waals surface area contributed by atoms with Gasteiger partial charge in [-0.15, -0.1) is 0 Å². The lowest BCUT2D eigenvalue weighted by molar-refractivity contribution is 0.340. The van der Waals surface area contributed by atoms with Crippen LogP contribution in [0.15, 0.2) is 42.5 Å². The minimum Gasteiger partial charge on any atom is -0.494 e. The van der Waals surface area contributed by atoms with Gasteiger partial charge >= 0.3 is 0 Å². The zero-order valence-corrected chi connectivity index (χ0v) is 15.8. The number of halogens is 2. The van der Waals surface area contributed by atoms with Crippen molar-refractivity contribution in [1.82, 2.24) is 4.72 Å². The van der Waals surface area contributed by atoms with Gasteiger partial charge in [-0.3, -0.25) is 0 Å². The molecule has 2 aromatic rings. The van der Waals surface area contributed by atoms with E-state index >= 15 is 0 Å². The number of nitrogens with one attached hydrogen (secondary N) is 1. The number of benzene rings is 2. The van der Waals surface area contributed by atoms with Crippen LogP contribution in [0.5, 0.6) is 5.75 Å². The highest BCUT2D eigenvalue weighted by Gasteiger charge is 2.18. The molecule has 0 radical (unpaired) electrons. The van der Waals surface area contributed by atoms with Crippen molar-refractivity contribution in [1.29, 1.82) is 0 Å². The molecule has 0 aliphatic heterocycles. The number of hydrogen-bond acceptors (Lipinski definition) is 3. The molecule has 7 heteroatoms. The smallest absolute Gasteiger partial charge is 0.216 e. The van der Waals surface area contributed by atoms with Crippen molar-refractivity contribution >= 4 is 33.2 Å². The molecule has 0 aliphatic carbocycles. The molecule has 4 nitrogen and oxygen atoms in total. The second kappa shape index (κ2) is 8.21. The van der Waals surface area contributed by atoms with E-state index in [1.165, 1.54) is 6.07 Å². The predicted molar refractivity (Wildman–Crippen MR) is 98.2 cm³/mol. The Hall–Kier alpha value is -1.27. The van der Waals surface area contributed by atoms with Crippen LogP contribution in [0.1, 0.15) is 31.0 Å². The fourth-order valence-corrected chi connectivity index (χ4v) is 4.22. The molecule has 2 rings (SSSR count). The van der Waals surface area contributed by atoms with Crippen LogP contribution in [0, 0.1) is 0 Å². The summed E-state index contributed by atoms with van der Waals surface area (Å²) >= 11 is 11.9. The van der Waals surface area contributed by atoms with Crippen LogP contribution in [0.25, 0.3) is 0 Å². The first-order valence-electron chi connectivity index (χ1n) is 7.47. The maximum absolute atomic E-state index is 12.4. The summed E-state index contributed by atoms with van der Waals surface area (Å²) in [6, 6.07) is 11.7. The zero-order chi connectivity index (χ0) is 17.7. The molecule has 0 saturated heterocycles. The molecule has 0 aliphatic rings. The summed E-state index contributed by atoms with van der Waals surface area (Å²) in [5.74, 6) is 0.550. The highest BCUT2D eigenvalue weighted by molar-refractivity contribution is 7.88. The molecule has 1 atom stereocenters. The molecule has 1 N–H and O–H groups in total. The van der Waals surface area contributed by atoms with E-state index in [4.69, 9.17) is 27.9 Å². The van der Waals surface area contributed by atoms with Crippen molar-refractivity contribution in [3.8, 4) is 5.75 Å². The third kappa shape index (κ3) is 5.38. The predicted octanol–water partition coefficient (Wildman–Crippen LogP) is 4.57. The molecule has 24 heavy (non-hydrogen) atoms. The lowest BCUT2D eigenvalue weighted by Crippen LogP contribution is -2.28. The zero-order valence-electron chi connectivity index (χ0n) is 13.4. The summed E-state index contributed by atoms with van der Waals surface area (Å²) in [6.45, 7) is 4.28. The fraction of sp³-hybridized carbons (Fsp3) is 0.294. The van der Waals surface area contributed by atoms with Crippen LogP contribution in [0.4, 0.5) is 0 Å². The lowest BCUT2D eigenvalue weighted by Gasteiger charge is -2.16. The second-order valence-corrected chi connectivity index (χ2v) is 7.93. The molecule has 0 fully saturated rings. The standard InChI is InChI=1S/C17H19Cl2NO3S/c1-3-23-16-8-5-13(6-9-16)12(2)20-24(21,22)11-14-4-7-15(18)10-17(14)19/h4-10,12,20H,3,11H2,1-2H3. The monoisotopic (exact) mass is 387 g/mol. The second-order valence-electron chi connectivity index (χ2n) is 5.34. The van der Waals surface area contributed by atoms with Gasteiger partial charge in [-0.2, -0.15) is 0 Å². The van der Waals surface area contributed by atoms with Crippen LogP contribution < -0.4 is 9.46 Å². The van der Waals surface area contributed by atoms with E-state index in [1.54, 1.807) is 19.1 Å². The van der Waals surface area contributed by atoms with Crippen molar-refractivity contribution in [2.24, 2.45) is 0 Å².